The lowest BCUT2D eigenvalue weighted by atomic mass is 10.0. The summed E-state index contributed by atoms with van der Waals surface area (Å²) in [6.07, 6.45) is -1.00. The van der Waals surface area contributed by atoms with Crippen LogP contribution in [0.15, 0.2) is 65.7 Å². The van der Waals surface area contributed by atoms with Crippen molar-refractivity contribution < 1.29 is 31.1 Å². The zero-order valence-corrected chi connectivity index (χ0v) is 23.3. The Morgan fingerprint density at radius 2 is 1.79 bits per heavy atom. The van der Waals surface area contributed by atoms with Crippen molar-refractivity contribution in [2.75, 3.05) is 38.2 Å². The number of alkyl halides is 3. The molecule has 2 aromatic heterocycles. The van der Waals surface area contributed by atoms with Crippen molar-refractivity contribution >= 4 is 32.4 Å². The van der Waals surface area contributed by atoms with Crippen LogP contribution in [0, 0.1) is 5.92 Å². The quantitative estimate of drug-likeness (QED) is 0.273. The van der Waals surface area contributed by atoms with E-state index in [4.69, 9.17) is 9.47 Å². The number of anilines is 2. The first-order valence-corrected chi connectivity index (χ1v) is 15.0. The average Bonchev–Trinajstić information content (AvgIpc) is 3.82. The number of rotatable bonds is 9. The summed E-state index contributed by atoms with van der Waals surface area (Å²) in [5.74, 6) is 1.32. The Balaban J connectivity index is 1.33. The van der Waals surface area contributed by atoms with Crippen molar-refractivity contribution in [2.24, 2.45) is 5.92 Å². The third-order valence-corrected chi connectivity index (χ3v) is 9.05. The molecule has 13 heteroatoms. The molecule has 2 fully saturated rings. The Morgan fingerprint density at radius 1 is 1.02 bits per heavy atom. The van der Waals surface area contributed by atoms with Crippen molar-refractivity contribution in [1.29, 1.82) is 0 Å². The molecular weight excluding hydrogens is 571 g/mol. The topological polar surface area (TPSA) is 107 Å². The van der Waals surface area contributed by atoms with Gasteiger partial charge in [0.1, 0.15) is 12.4 Å². The summed E-state index contributed by atoms with van der Waals surface area (Å²) >= 11 is 0. The van der Waals surface area contributed by atoms with Gasteiger partial charge in [0.2, 0.25) is 10.0 Å². The molecule has 1 aliphatic carbocycles. The number of halogens is 3. The molecule has 1 saturated carbocycles. The van der Waals surface area contributed by atoms with Crippen LogP contribution in [0.4, 0.5) is 24.7 Å². The first-order valence-electron chi connectivity index (χ1n) is 13.5. The predicted octanol–water partition coefficient (Wildman–Crippen LogP) is 5.40. The molecule has 3 heterocycles. The molecule has 0 spiro atoms. The highest BCUT2D eigenvalue weighted by atomic mass is 32.2. The van der Waals surface area contributed by atoms with Gasteiger partial charge in [0.15, 0.2) is 5.82 Å². The van der Waals surface area contributed by atoms with Crippen LogP contribution in [0.5, 0.6) is 0 Å². The van der Waals surface area contributed by atoms with Gasteiger partial charge in [0, 0.05) is 42.5 Å². The summed E-state index contributed by atoms with van der Waals surface area (Å²) in [4.78, 5) is 13.4. The number of ether oxygens (including phenoxy) is 2. The van der Waals surface area contributed by atoms with E-state index in [9.17, 15) is 21.6 Å². The van der Waals surface area contributed by atoms with E-state index in [1.807, 2.05) is 0 Å². The largest absolute Gasteiger partial charge is 0.418 e. The fraction of sp³-hybridized carbons (Fsp3) is 0.345. The Hall–Kier alpha value is -3.65. The van der Waals surface area contributed by atoms with Crippen LogP contribution < -0.4 is 5.32 Å². The summed E-state index contributed by atoms with van der Waals surface area (Å²) in [5, 5.41) is 3.79. The fourth-order valence-electron chi connectivity index (χ4n) is 4.73. The molecule has 6 rings (SSSR count). The summed E-state index contributed by atoms with van der Waals surface area (Å²) in [6.45, 7) is 2.03. The molecule has 0 unspecified atom stereocenters. The first-order chi connectivity index (χ1) is 20.2. The Labute approximate surface area is 240 Å². The number of nitrogens with zero attached hydrogens (tertiary/aromatic N) is 4. The number of benzene rings is 2. The van der Waals surface area contributed by atoms with Gasteiger partial charge in [-0.1, -0.05) is 6.07 Å². The third kappa shape index (κ3) is 6.24. The van der Waals surface area contributed by atoms with Crippen molar-refractivity contribution in [2.45, 2.75) is 30.5 Å². The lowest BCUT2D eigenvalue weighted by Gasteiger charge is -2.26. The lowest BCUT2D eigenvalue weighted by Crippen LogP contribution is -2.40. The molecule has 9 nitrogen and oxygen atoms in total. The normalized spacial score (nSPS) is 16.5. The molecule has 42 heavy (non-hydrogen) atoms. The van der Waals surface area contributed by atoms with E-state index in [2.05, 4.69) is 20.3 Å². The van der Waals surface area contributed by atoms with E-state index in [0.717, 1.165) is 18.9 Å². The van der Waals surface area contributed by atoms with Crippen LogP contribution in [-0.4, -0.2) is 60.6 Å². The molecule has 2 aliphatic rings. The zero-order valence-electron chi connectivity index (χ0n) is 22.5. The molecule has 220 valence electrons. The van der Waals surface area contributed by atoms with Crippen LogP contribution >= 0.6 is 0 Å². The summed E-state index contributed by atoms with van der Waals surface area (Å²) < 4.78 is 79.6. The van der Waals surface area contributed by atoms with Crippen LogP contribution in [0.2, 0.25) is 0 Å². The second-order valence-corrected chi connectivity index (χ2v) is 12.2. The molecule has 4 aromatic rings. The molecular formula is C29H28F3N5O4S. The standard InChI is InChI=1S/C29H28F3N5O4S/c30-29(31,32)24-2-1-11-33-27(24)20-5-10-23-25(16-20)35-26(18-41-17-19-3-4-19)36-28(23)34-21-6-8-22(9-7-21)42(38,39)37-12-14-40-15-13-37/h1-2,5-11,16,19H,3-4,12-15,17-18H2,(H,34,35,36). The minimum absolute atomic E-state index is 0.138. The van der Waals surface area contributed by atoms with E-state index in [1.165, 1.54) is 28.7 Å². The van der Waals surface area contributed by atoms with E-state index in [1.54, 1.807) is 30.3 Å². The van der Waals surface area contributed by atoms with Crippen LogP contribution in [-0.2, 0) is 32.3 Å². The highest BCUT2D eigenvalue weighted by Crippen LogP contribution is 2.37. The van der Waals surface area contributed by atoms with E-state index >= 15 is 0 Å². The zero-order chi connectivity index (χ0) is 29.3. The number of aromatic nitrogens is 3. The predicted molar refractivity (Wildman–Crippen MR) is 149 cm³/mol. The van der Waals surface area contributed by atoms with Gasteiger partial charge in [-0.15, -0.1) is 0 Å². The van der Waals surface area contributed by atoms with Crippen LogP contribution in [0.3, 0.4) is 0 Å². The van der Waals surface area contributed by atoms with Gasteiger partial charge < -0.3 is 14.8 Å². The number of fused-ring (bicyclic) bond motifs is 1. The average molecular weight is 600 g/mol. The molecule has 2 aromatic carbocycles. The highest BCUT2D eigenvalue weighted by Gasteiger charge is 2.34. The Kier molecular flexibility index (Phi) is 7.83. The Bertz CT molecular complexity index is 1690. The maximum atomic E-state index is 13.7. The molecule has 0 amide bonds. The van der Waals surface area contributed by atoms with Gasteiger partial charge >= 0.3 is 6.18 Å². The number of sulfonamides is 1. The molecule has 1 saturated heterocycles. The number of hydrogen-bond donors (Lipinski definition) is 1. The van der Waals surface area contributed by atoms with E-state index in [0.29, 0.717) is 67.1 Å². The fourth-order valence-corrected chi connectivity index (χ4v) is 6.14. The second kappa shape index (κ2) is 11.6. The molecule has 1 N–H and O–H groups in total. The maximum absolute atomic E-state index is 13.7. The number of morpholine rings is 1. The monoisotopic (exact) mass is 599 g/mol. The van der Waals surface area contributed by atoms with Crippen molar-refractivity contribution in [3.63, 3.8) is 0 Å². The molecule has 0 bridgehead atoms. The summed E-state index contributed by atoms with van der Waals surface area (Å²) in [5.41, 5.74) is 0.234. The first kappa shape index (κ1) is 28.5. The lowest BCUT2D eigenvalue weighted by molar-refractivity contribution is -0.137. The molecule has 1 aliphatic heterocycles. The van der Waals surface area contributed by atoms with Crippen LogP contribution in [0.1, 0.15) is 24.2 Å². The van der Waals surface area contributed by atoms with Gasteiger partial charge in [-0.05, 0) is 67.3 Å². The van der Waals surface area contributed by atoms with Gasteiger partial charge in [-0.25, -0.2) is 18.4 Å². The summed E-state index contributed by atoms with van der Waals surface area (Å²) in [6, 6.07) is 13.3. The van der Waals surface area contributed by atoms with Gasteiger partial charge in [0.25, 0.3) is 0 Å². The van der Waals surface area contributed by atoms with Crippen molar-refractivity contribution in [3.8, 4) is 11.3 Å². The smallest absolute Gasteiger partial charge is 0.379 e. The minimum atomic E-state index is -4.57. The molecule has 0 atom stereocenters. The SMILES string of the molecule is O=S(=O)(c1ccc(Nc2nc(COCC3CC3)nc3cc(-c4ncccc4C(F)(F)F)ccc23)cc1)N1CCOCC1. The second-order valence-electron chi connectivity index (χ2n) is 10.2. The Morgan fingerprint density at radius 3 is 2.50 bits per heavy atom. The number of pyridine rings is 1. The minimum Gasteiger partial charge on any atom is -0.379 e. The number of nitrogens with one attached hydrogen (secondary N) is 1. The van der Waals surface area contributed by atoms with Gasteiger partial charge in [0.05, 0.1) is 34.9 Å². The van der Waals surface area contributed by atoms with E-state index in [-0.39, 0.29) is 22.8 Å². The van der Waals surface area contributed by atoms with E-state index < -0.39 is 21.8 Å². The number of hydrogen-bond acceptors (Lipinski definition) is 8. The third-order valence-electron chi connectivity index (χ3n) is 7.14. The van der Waals surface area contributed by atoms with Crippen LogP contribution in [0.25, 0.3) is 22.2 Å². The van der Waals surface area contributed by atoms with Gasteiger partial charge in [-0.2, -0.15) is 17.5 Å². The summed E-state index contributed by atoms with van der Waals surface area (Å²) in [7, 11) is -3.65. The molecule has 0 radical (unpaired) electrons. The van der Waals surface area contributed by atoms with Crippen molar-refractivity contribution in [3.05, 3.63) is 72.2 Å². The maximum Gasteiger partial charge on any atom is 0.418 e. The van der Waals surface area contributed by atoms with Gasteiger partial charge in [-0.3, -0.25) is 4.98 Å². The van der Waals surface area contributed by atoms with Crippen molar-refractivity contribution in [1.82, 2.24) is 19.3 Å². The highest BCUT2D eigenvalue weighted by molar-refractivity contribution is 7.89.